The van der Waals surface area contributed by atoms with Crippen molar-refractivity contribution in [3.63, 3.8) is 0 Å². The Bertz CT molecular complexity index is 878. The number of hydrogen-bond donors (Lipinski definition) is 0. The van der Waals surface area contributed by atoms with Gasteiger partial charge < -0.3 is 18.9 Å². The Labute approximate surface area is 255 Å². The van der Waals surface area contributed by atoms with Crippen molar-refractivity contribution in [2.45, 2.75) is 117 Å². The monoisotopic (exact) mass is 584 g/mol. The molecule has 0 aromatic heterocycles. The first-order valence-corrected chi connectivity index (χ1v) is 16.2. The minimum absolute atomic E-state index is 0.0726. The number of ether oxygens (including phenoxy) is 4. The van der Waals surface area contributed by atoms with Crippen LogP contribution in [-0.2, 0) is 18.9 Å². The smallest absolute Gasteiger partial charge is 0.222 e. The highest BCUT2D eigenvalue weighted by Crippen LogP contribution is 2.12. The van der Waals surface area contributed by atoms with Gasteiger partial charge in [-0.15, -0.1) is 0 Å². The highest BCUT2D eigenvalue weighted by Gasteiger charge is 2.22. The molecule has 0 unspecified atom stereocenters. The van der Waals surface area contributed by atoms with E-state index in [-0.39, 0.29) is 11.6 Å². The number of Topliss-reactive ketones (excluding diaryl/α,β-unsaturated/α-hetero) is 2. The van der Waals surface area contributed by atoms with Crippen molar-refractivity contribution in [3.05, 3.63) is 71.8 Å². The summed E-state index contributed by atoms with van der Waals surface area (Å²) in [4.78, 5) is 24.8. The zero-order chi connectivity index (χ0) is 30.7. The summed E-state index contributed by atoms with van der Waals surface area (Å²) in [7, 11) is 0. The minimum atomic E-state index is -0.763. The van der Waals surface area contributed by atoms with Gasteiger partial charge >= 0.3 is 0 Å². The molecule has 2 aromatic rings. The van der Waals surface area contributed by atoms with Crippen molar-refractivity contribution in [2.24, 2.45) is 0 Å². The summed E-state index contributed by atoms with van der Waals surface area (Å²) in [6.45, 7) is 10.8. The van der Waals surface area contributed by atoms with Crippen molar-refractivity contribution < 1.29 is 28.5 Å². The van der Waals surface area contributed by atoms with E-state index >= 15 is 0 Å². The molecule has 0 aliphatic heterocycles. The number of rotatable bonds is 24. The number of benzene rings is 2. The SMILES string of the molecule is CCCCCCOC(OCCCCCC)C(=O)c1ccccc1.CCCCOC(OCCCC)C(=O)c1ccccc1. The fourth-order valence-electron chi connectivity index (χ4n) is 3.98. The molecule has 0 radical (unpaired) electrons. The van der Waals surface area contributed by atoms with E-state index in [4.69, 9.17) is 18.9 Å². The van der Waals surface area contributed by atoms with E-state index in [0.717, 1.165) is 51.4 Å². The molecule has 2 aromatic carbocycles. The summed E-state index contributed by atoms with van der Waals surface area (Å²) >= 11 is 0. The highest BCUT2D eigenvalue weighted by atomic mass is 16.7. The van der Waals surface area contributed by atoms with Gasteiger partial charge in [0.2, 0.25) is 24.1 Å². The van der Waals surface area contributed by atoms with E-state index in [2.05, 4.69) is 27.7 Å². The van der Waals surface area contributed by atoms with Gasteiger partial charge in [-0.2, -0.15) is 0 Å². The van der Waals surface area contributed by atoms with Gasteiger partial charge in [-0.3, -0.25) is 9.59 Å². The van der Waals surface area contributed by atoms with Crippen molar-refractivity contribution in [1.29, 1.82) is 0 Å². The summed E-state index contributed by atoms with van der Waals surface area (Å²) in [5.74, 6) is -0.163. The molecule has 0 aliphatic rings. The van der Waals surface area contributed by atoms with Crippen LogP contribution in [0.1, 0.15) is 125 Å². The van der Waals surface area contributed by atoms with E-state index in [1.807, 2.05) is 48.5 Å². The quantitative estimate of drug-likeness (QED) is 0.0696. The molecule has 0 saturated heterocycles. The molecule has 0 N–H and O–H groups in total. The Morgan fingerprint density at radius 3 is 1.07 bits per heavy atom. The second-order valence-electron chi connectivity index (χ2n) is 10.4. The number of ketones is 2. The maximum absolute atomic E-state index is 12.5. The third-order valence-corrected chi connectivity index (χ3v) is 6.61. The van der Waals surface area contributed by atoms with Crippen LogP contribution < -0.4 is 0 Å². The summed E-state index contributed by atoms with van der Waals surface area (Å²) in [5, 5.41) is 0. The lowest BCUT2D eigenvalue weighted by Gasteiger charge is -2.17. The maximum atomic E-state index is 12.5. The number of unbranched alkanes of at least 4 members (excludes halogenated alkanes) is 8. The van der Waals surface area contributed by atoms with Crippen LogP contribution in [-0.4, -0.2) is 50.6 Å². The fraction of sp³-hybridized carbons (Fsp3) is 0.611. The number of carbonyl (C=O) groups excluding carboxylic acids is 2. The second-order valence-corrected chi connectivity index (χ2v) is 10.4. The molecule has 0 fully saturated rings. The van der Waals surface area contributed by atoms with Crippen LogP contribution in [0, 0.1) is 0 Å². The minimum Gasteiger partial charge on any atom is -0.346 e. The Morgan fingerprint density at radius 1 is 0.452 bits per heavy atom. The Hall–Kier alpha value is -2.38. The zero-order valence-electron chi connectivity index (χ0n) is 26.7. The van der Waals surface area contributed by atoms with Gasteiger partial charge in [0.25, 0.3) is 0 Å². The standard InChI is InChI=1S/C20H32O3.C16H24O3/c1-3-5-7-12-16-22-20(23-17-13-8-6-4-2)19(21)18-14-10-9-11-15-18;1-3-5-12-18-16(19-13-6-4-2)15(17)14-10-8-7-9-11-14/h9-11,14-15,20H,3-8,12-13,16-17H2,1-2H3;7-11,16H,3-6,12-13H2,1-2H3. The topological polar surface area (TPSA) is 71.1 Å². The van der Waals surface area contributed by atoms with Gasteiger partial charge in [-0.25, -0.2) is 0 Å². The number of hydrogen-bond acceptors (Lipinski definition) is 6. The first-order chi connectivity index (χ1) is 20.6. The van der Waals surface area contributed by atoms with Crippen molar-refractivity contribution >= 4 is 11.6 Å². The van der Waals surface area contributed by atoms with Crippen LogP contribution in [0.25, 0.3) is 0 Å². The van der Waals surface area contributed by atoms with Gasteiger partial charge in [0.15, 0.2) is 0 Å². The second kappa shape index (κ2) is 26.3. The molecule has 0 bridgehead atoms. The summed E-state index contributed by atoms with van der Waals surface area (Å²) in [6, 6.07) is 18.4. The van der Waals surface area contributed by atoms with Gasteiger partial charge in [-0.1, -0.05) is 140 Å². The summed E-state index contributed by atoms with van der Waals surface area (Å²) < 4.78 is 22.6. The van der Waals surface area contributed by atoms with Gasteiger partial charge in [0, 0.05) is 11.1 Å². The van der Waals surface area contributed by atoms with E-state index in [1.165, 1.54) is 25.7 Å². The van der Waals surface area contributed by atoms with Gasteiger partial charge in [-0.05, 0) is 25.7 Å². The average molecular weight is 585 g/mol. The lowest BCUT2D eigenvalue weighted by Crippen LogP contribution is -2.28. The zero-order valence-corrected chi connectivity index (χ0v) is 26.7. The lowest BCUT2D eigenvalue weighted by molar-refractivity contribution is -0.115. The predicted octanol–water partition coefficient (Wildman–Crippen LogP) is 9.22. The highest BCUT2D eigenvalue weighted by molar-refractivity contribution is 5.99. The largest absolute Gasteiger partial charge is 0.346 e. The van der Waals surface area contributed by atoms with Gasteiger partial charge in [0.1, 0.15) is 0 Å². The molecule has 2 rings (SSSR count). The first kappa shape index (κ1) is 37.6. The summed E-state index contributed by atoms with van der Waals surface area (Å²) in [6.07, 6.45) is 11.5. The average Bonchev–Trinajstić information content (AvgIpc) is 3.03. The third-order valence-electron chi connectivity index (χ3n) is 6.61. The Kier molecular flexibility index (Phi) is 23.5. The first-order valence-electron chi connectivity index (χ1n) is 16.2. The number of carbonyl (C=O) groups is 2. The third kappa shape index (κ3) is 17.5. The molecule has 0 saturated carbocycles. The van der Waals surface area contributed by atoms with Crippen molar-refractivity contribution in [2.75, 3.05) is 26.4 Å². The van der Waals surface area contributed by atoms with Crippen LogP contribution in [0.2, 0.25) is 0 Å². The van der Waals surface area contributed by atoms with Crippen LogP contribution >= 0.6 is 0 Å². The fourth-order valence-corrected chi connectivity index (χ4v) is 3.98. The van der Waals surface area contributed by atoms with E-state index in [0.29, 0.717) is 37.6 Å². The molecule has 0 amide bonds. The molecule has 0 aliphatic carbocycles. The van der Waals surface area contributed by atoms with Crippen LogP contribution in [0.15, 0.2) is 60.7 Å². The van der Waals surface area contributed by atoms with E-state index < -0.39 is 12.6 Å². The molecule has 6 nitrogen and oxygen atoms in total. The predicted molar refractivity (Wildman–Crippen MR) is 171 cm³/mol. The lowest BCUT2D eigenvalue weighted by atomic mass is 10.1. The molecule has 0 heterocycles. The summed E-state index contributed by atoms with van der Waals surface area (Å²) in [5.41, 5.74) is 1.29. The van der Waals surface area contributed by atoms with E-state index in [1.54, 1.807) is 12.1 Å². The normalized spacial score (nSPS) is 11.0. The Morgan fingerprint density at radius 2 is 0.762 bits per heavy atom. The molecule has 0 atom stereocenters. The molecule has 42 heavy (non-hydrogen) atoms. The van der Waals surface area contributed by atoms with Crippen LogP contribution in [0.5, 0.6) is 0 Å². The van der Waals surface area contributed by atoms with E-state index in [9.17, 15) is 9.59 Å². The Balaban J connectivity index is 0.000000428. The molecule has 6 heteroatoms. The van der Waals surface area contributed by atoms with Crippen molar-refractivity contribution in [3.8, 4) is 0 Å². The van der Waals surface area contributed by atoms with Crippen LogP contribution in [0.4, 0.5) is 0 Å². The molecular formula is C36H56O6. The maximum Gasteiger partial charge on any atom is 0.222 e. The molecular weight excluding hydrogens is 528 g/mol. The van der Waals surface area contributed by atoms with Crippen LogP contribution in [0.3, 0.4) is 0 Å². The molecule has 236 valence electrons. The van der Waals surface area contributed by atoms with Crippen molar-refractivity contribution in [1.82, 2.24) is 0 Å². The molecule has 0 spiro atoms. The van der Waals surface area contributed by atoms with Gasteiger partial charge in [0.05, 0.1) is 26.4 Å².